The maximum atomic E-state index is 11.0. The molecule has 0 radical (unpaired) electrons. The SMILES string of the molecule is CNc1c(CN2CCC(OC)CC2)cccc1[N+](=O)[O-]. The minimum Gasteiger partial charge on any atom is -0.382 e. The molecule has 0 aliphatic carbocycles. The largest absolute Gasteiger partial charge is 0.382 e. The second-order valence-corrected chi connectivity index (χ2v) is 5.03. The zero-order valence-corrected chi connectivity index (χ0v) is 12.0. The van der Waals surface area contributed by atoms with Crippen LogP contribution in [-0.4, -0.2) is 43.2 Å². The first-order valence-corrected chi connectivity index (χ1v) is 6.85. The average molecular weight is 279 g/mol. The molecule has 110 valence electrons. The highest BCUT2D eigenvalue weighted by atomic mass is 16.6. The highest BCUT2D eigenvalue weighted by Crippen LogP contribution is 2.29. The Bertz CT molecular complexity index is 471. The minimum absolute atomic E-state index is 0.136. The van der Waals surface area contributed by atoms with E-state index in [9.17, 15) is 10.1 Å². The molecule has 0 spiro atoms. The van der Waals surface area contributed by atoms with Crippen LogP contribution in [0.5, 0.6) is 0 Å². The maximum absolute atomic E-state index is 11.0. The predicted octanol–water partition coefficient (Wildman–Crippen LogP) is 2.25. The van der Waals surface area contributed by atoms with Crippen LogP contribution in [0.15, 0.2) is 18.2 Å². The van der Waals surface area contributed by atoms with Crippen molar-refractivity contribution in [1.29, 1.82) is 0 Å². The van der Waals surface area contributed by atoms with Gasteiger partial charge >= 0.3 is 0 Å². The number of para-hydroxylation sites is 1. The van der Waals surface area contributed by atoms with Gasteiger partial charge in [0.1, 0.15) is 5.69 Å². The molecular weight excluding hydrogens is 258 g/mol. The summed E-state index contributed by atoms with van der Waals surface area (Å²) in [6.45, 7) is 2.66. The summed E-state index contributed by atoms with van der Waals surface area (Å²) in [4.78, 5) is 13.0. The third-order valence-corrected chi connectivity index (χ3v) is 3.84. The summed E-state index contributed by atoms with van der Waals surface area (Å²) in [5, 5.41) is 14.0. The average Bonchev–Trinajstić information content (AvgIpc) is 2.47. The number of benzene rings is 1. The Balaban J connectivity index is 2.10. The second kappa shape index (κ2) is 6.67. The number of likely N-dealkylation sites (tertiary alicyclic amines) is 1. The van der Waals surface area contributed by atoms with Crippen LogP contribution < -0.4 is 5.32 Å². The van der Waals surface area contributed by atoms with Crippen LogP contribution in [-0.2, 0) is 11.3 Å². The van der Waals surface area contributed by atoms with Crippen molar-refractivity contribution < 1.29 is 9.66 Å². The summed E-state index contributed by atoms with van der Waals surface area (Å²) in [5.41, 5.74) is 1.72. The molecule has 1 saturated heterocycles. The van der Waals surface area contributed by atoms with E-state index >= 15 is 0 Å². The molecule has 0 bridgehead atoms. The van der Waals surface area contributed by atoms with Crippen LogP contribution >= 0.6 is 0 Å². The summed E-state index contributed by atoms with van der Waals surface area (Å²) in [7, 11) is 3.48. The predicted molar refractivity (Wildman–Crippen MR) is 78.0 cm³/mol. The summed E-state index contributed by atoms with van der Waals surface area (Å²) in [5.74, 6) is 0. The molecule has 1 heterocycles. The van der Waals surface area contributed by atoms with Gasteiger partial charge in [-0.15, -0.1) is 0 Å². The van der Waals surface area contributed by atoms with Crippen molar-refractivity contribution in [2.45, 2.75) is 25.5 Å². The third kappa shape index (κ3) is 3.26. The van der Waals surface area contributed by atoms with Crippen LogP contribution in [0.3, 0.4) is 0 Å². The van der Waals surface area contributed by atoms with E-state index in [2.05, 4.69) is 10.2 Å². The maximum Gasteiger partial charge on any atom is 0.292 e. The minimum atomic E-state index is -0.341. The van der Waals surface area contributed by atoms with Crippen molar-refractivity contribution in [3.8, 4) is 0 Å². The molecule has 1 fully saturated rings. The molecular formula is C14H21N3O3. The number of hydrogen-bond acceptors (Lipinski definition) is 5. The molecule has 0 unspecified atom stereocenters. The summed E-state index contributed by atoms with van der Waals surface area (Å²) in [6.07, 6.45) is 2.38. The molecule has 6 heteroatoms. The Kier molecular flexibility index (Phi) is 4.92. The fourth-order valence-electron chi connectivity index (χ4n) is 2.70. The lowest BCUT2D eigenvalue weighted by Crippen LogP contribution is -2.36. The van der Waals surface area contributed by atoms with Gasteiger partial charge in [-0.2, -0.15) is 0 Å². The van der Waals surface area contributed by atoms with Crippen LogP contribution in [0.4, 0.5) is 11.4 Å². The Morgan fingerprint density at radius 3 is 2.70 bits per heavy atom. The first-order chi connectivity index (χ1) is 9.65. The summed E-state index contributed by atoms with van der Waals surface area (Å²) >= 11 is 0. The first kappa shape index (κ1) is 14.7. The highest BCUT2D eigenvalue weighted by Gasteiger charge is 2.21. The van der Waals surface area contributed by atoms with E-state index in [0.29, 0.717) is 11.8 Å². The van der Waals surface area contributed by atoms with Crippen LogP contribution in [0, 0.1) is 10.1 Å². The van der Waals surface area contributed by atoms with Crippen LogP contribution in [0.1, 0.15) is 18.4 Å². The van der Waals surface area contributed by atoms with Crippen molar-refractivity contribution in [2.75, 3.05) is 32.6 Å². The van der Waals surface area contributed by atoms with Crippen LogP contribution in [0.2, 0.25) is 0 Å². The molecule has 0 saturated carbocycles. The van der Waals surface area contributed by atoms with E-state index < -0.39 is 0 Å². The van der Waals surface area contributed by atoms with Gasteiger partial charge in [0.05, 0.1) is 11.0 Å². The second-order valence-electron chi connectivity index (χ2n) is 5.03. The number of ether oxygens (including phenoxy) is 1. The fourth-order valence-corrected chi connectivity index (χ4v) is 2.70. The van der Waals surface area contributed by atoms with Crippen molar-refractivity contribution in [1.82, 2.24) is 4.90 Å². The smallest absolute Gasteiger partial charge is 0.292 e. The molecule has 1 aromatic carbocycles. The lowest BCUT2D eigenvalue weighted by atomic mass is 10.1. The summed E-state index contributed by atoms with van der Waals surface area (Å²) < 4.78 is 5.36. The number of anilines is 1. The zero-order valence-electron chi connectivity index (χ0n) is 12.0. The molecule has 1 aromatic rings. The lowest BCUT2D eigenvalue weighted by Gasteiger charge is -2.31. The molecule has 1 N–H and O–H groups in total. The van der Waals surface area contributed by atoms with Gasteiger partial charge in [0, 0.05) is 39.9 Å². The molecule has 0 atom stereocenters. The highest BCUT2D eigenvalue weighted by molar-refractivity contribution is 5.66. The van der Waals surface area contributed by atoms with Gasteiger partial charge in [0.2, 0.25) is 0 Å². The Morgan fingerprint density at radius 2 is 2.15 bits per heavy atom. The number of hydrogen-bond donors (Lipinski definition) is 1. The monoisotopic (exact) mass is 279 g/mol. The van der Waals surface area contributed by atoms with Crippen molar-refractivity contribution in [3.05, 3.63) is 33.9 Å². The van der Waals surface area contributed by atoms with Crippen molar-refractivity contribution >= 4 is 11.4 Å². The number of rotatable bonds is 5. The van der Waals surface area contributed by atoms with E-state index in [-0.39, 0.29) is 10.6 Å². The first-order valence-electron chi connectivity index (χ1n) is 6.85. The molecule has 6 nitrogen and oxygen atoms in total. The van der Waals surface area contributed by atoms with E-state index in [1.807, 2.05) is 6.07 Å². The number of nitrogens with zero attached hydrogens (tertiary/aromatic N) is 2. The normalized spacial score (nSPS) is 17.1. The lowest BCUT2D eigenvalue weighted by molar-refractivity contribution is -0.384. The zero-order chi connectivity index (χ0) is 14.5. The van der Waals surface area contributed by atoms with E-state index in [0.717, 1.165) is 38.0 Å². The van der Waals surface area contributed by atoms with E-state index in [4.69, 9.17) is 4.74 Å². The van der Waals surface area contributed by atoms with Gasteiger partial charge in [0.15, 0.2) is 0 Å². The Morgan fingerprint density at radius 1 is 1.45 bits per heavy atom. The Labute approximate surface area is 118 Å². The number of nitrogens with one attached hydrogen (secondary N) is 1. The number of nitro benzene ring substituents is 1. The van der Waals surface area contributed by atoms with Gasteiger partial charge in [-0.1, -0.05) is 12.1 Å². The number of methoxy groups -OCH3 is 1. The number of nitro groups is 1. The van der Waals surface area contributed by atoms with Gasteiger partial charge in [0.25, 0.3) is 5.69 Å². The standard InChI is InChI=1S/C14H21N3O3/c1-15-14-11(4-3-5-13(14)17(18)19)10-16-8-6-12(20-2)7-9-16/h3-5,12,15H,6-10H2,1-2H3. The quantitative estimate of drug-likeness (QED) is 0.661. The Hall–Kier alpha value is -1.66. The molecule has 1 aliphatic rings. The molecule has 0 amide bonds. The van der Waals surface area contributed by atoms with Gasteiger partial charge in [-0.25, -0.2) is 0 Å². The van der Waals surface area contributed by atoms with Crippen LogP contribution in [0.25, 0.3) is 0 Å². The van der Waals surface area contributed by atoms with Gasteiger partial charge in [-0.05, 0) is 18.4 Å². The molecule has 0 aromatic heterocycles. The number of piperidine rings is 1. The van der Waals surface area contributed by atoms with Crippen molar-refractivity contribution in [3.63, 3.8) is 0 Å². The molecule has 2 rings (SSSR count). The van der Waals surface area contributed by atoms with Gasteiger partial charge < -0.3 is 10.1 Å². The third-order valence-electron chi connectivity index (χ3n) is 3.84. The molecule has 20 heavy (non-hydrogen) atoms. The topological polar surface area (TPSA) is 67.6 Å². The van der Waals surface area contributed by atoms with E-state index in [1.165, 1.54) is 6.07 Å². The van der Waals surface area contributed by atoms with Crippen molar-refractivity contribution in [2.24, 2.45) is 0 Å². The van der Waals surface area contributed by atoms with E-state index in [1.54, 1.807) is 20.2 Å². The molecule has 1 aliphatic heterocycles. The van der Waals surface area contributed by atoms with Gasteiger partial charge in [-0.3, -0.25) is 15.0 Å². The summed E-state index contributed by atoms with van der Waals surface area (Å²) in [6, 6.07) is 5.23. The fraction of sp³-hybridized carbons (Fsp3) is 0.571.